The molecule has 46 valence electrons. The quantitative estimate of drug-likeness (QED) is 0.756. The Kier molecular flexibility index (Phi) is 2.29. The second kappa shape index (κ2) is 3.03. The van der Waals surface area contributed by atoms with Crippen LogP contribution < -0.4 is 0 Å². The van der Waals surface area contributed by atoms with Gasteiger partial charge in [0.2, 0.25) is 0 Å². The number of nitrogens with zero attached hydrogens (tertiary/aromatic N) is 1. The third-order valence-corrected chi connectivity index (χ3v) is 1.91. The van der Waals surface area contributed by atoms with Crippen molar-refractivity contribution >= 4 is 3.90 Å². The molecule has 1 aromatic rings. The molecule has 0 spiro atoms. The molecule has 0 aromatic carbocycles. The van der Waals surface area contributed by atoms with Crippen LogP contribution in [0.3, 0.4) is 0 Å². The van der Waals surface area contributed by atoms with Crippen LogP contribution in [-0.2, 0) is 19.4 Å². The first kappa shape index (κ1) is 6.82. The van der Waals surface area contributed by atoms with Crippen LogP contribution in [0.5, 0.6) is 0 Å². The minimum absolute atomic E-state index is 1.26. The van der Waals surface area contributed by atoms with Crippen LogP contribution in [0, 0.1) is 0 Å². The molecule has 0 aliphatic heterocycles. The molecular weight excluding hydrogens is 282 g/mol. The molecule has 0 amide bonds. The van der Waals surface area contributed by atoms with Crippen molar-refractivity contribution in [2.24, 2.45) is 0 Å². The topological polar surface area (TPSA) is 12.9 Å². The van der Waals surface area contributed by atoms with Gasteiger partial charge in [0.05, 0.1) is 0 Å². The van der Waals surface area contributed by atoms with Crippen molar-refractivity contribution < 1.29 is 19.4 Å². The number of rotatable bonds is 1. The molecule has 0 unspecified atom stereocenters. The molecule has 2 heteroatoms. The van der Waals surface area contributed by atoms with Crippen molar-refractivity contribution in [3.8, 4) is 0 Å². The first-order chi connectivity index (χ1) is 4.30. The standard InChI is InChI=1S/C7H7N.W/c1-2-7-4-3-5-8-6-7;/h3-6H,1H3;. The fourth-order valence-electron chi connectivity index (χ4n) is 0.571. The van der Waals surface area contributed by atoms with Gasteiger partial charge >= 0.3 is 65.2 Å². The summed E-state index contributed by atoms with van der Waals surface area (Å²) in [5.41, 5.74) is 1.26. The summed E-state index contributed by atoms with van der Waals surface area (Å²) < 4.78 is 1.39. The van der Waals surface area contributed by atoms with Gasteiger partial charge in [-0.05, 0) is 0 Å². The van der Waals surface area contributed by atoms with E-state index in [-0.39, 0.29) is 0 Å². The summed E-state index contributed by atoms with van der Waals surface area (Å²) in [7, 11) is 0. The van der Waals surface area contributed by atoms with Crippen molar-refractivity contribution in [1.82, 2.24) is 4.98 Å². The predicted octanol–water partition coefficient (Wildman–Crippen LogP) is 1.17. The molecule has 1 nitrogen and oxygen atoms in total. The van der Waals surface area contributed by atoms with E-state index in [9.17, 15) is 0 Å². The molecule has 0 N–H and O–H groups in total. The molecule has 9 heavy (non-hydrogen) atoms. The molecule has 0 aliphatic carbocycles. The molecule has 0 radical (unpaired) electrons. The normalized spacial score (nSPS) is 9.00. The third-order valence-electron chi connectivity index (χ3n) is 1.07. The van der Waals surface area contributed by atoms with Gasteiger partial charge in [0.25, 0.3) is 0 Å². The van der Waals surface area contributed by atoms with Gasteiger partial charge in [0.15, 0.2) is 0 Å². The number of pyridine rings is 1. The number of hydrogen-bond donors (Lipinski definition) is 0. The zero-order valence-electron chi connectivity index (χ0n) is 5.16. The van der Waals surface area contributed by atoms with Gasteiger partial charge < -0.3 is 0 Å². The Bertz CT molecular complexity index is 205. The van der Waals surface area contributed by atoms with Crippen molar-refractivity contribution in [3.05, 3.63) is 30.1 Å². The van der Waals surface area contributed by atoms with Gasteiger partial charge in [-0.2, -0.15) is 0 Å². The SMILES string of the molecule is C[C](=[W])c1cccnc1. The van der Waals surface area contributed by atoms with E-state index >= 15 is 0 Å². The number of aromatic nitrogens is 1. The van der Waals surface area contributed by atoms with Gasteiger partial charge in [-0.3, -0.25) is 0 Å². The van der Waals surface area contributed by atoms with Crippen LogP contribution in [0.4, 0.5) is 0 Å². The van der Waals surface area contributed by atoms with Gasteiger partial charge in [0.1, 0.15) is 0 Å². The fourth-order valence-corrected chi connectivity index (χ4v) is 1.00. The molecule has 0 atom stereocenters. The predicted molar refractivity (Wildman–Crippen MR) is 34.0 cm³/mol. The summed E-state index contributed by atoms with van der Waals surface area (Å²) in [6.07, 6.45) is 3.68. The van der Waals surface area contributed by atoms with Gasteiger partial charge in [-0.15, -0.1) is 0 Å². The minimum atomic E-state index is 1.26. The van der Waals surface area contributed by atoms with E-state index in [1.54, 1.807) is 6.20 Å². The second-order valence-corrected chi connectivity index (χ2v) is 4.00. The average molecular weight is 289 g/mol. The Morgan fingerprint density at radius 1 is 1.67 bits per heavy atom. The van der Waals surface area contributed by atoms with Gasteiger partial charge in [-0.25, -0.2) is 0 Å². The average Bonchev–Trinajstić information content (AvgIpc) is 1.90. The Balaban J connectivity index is 2.98. The van der Waals surface area contributed by atoms with Crippen LogP contribution >= 0.6 is 0 Å². The van der Waals surface area contributed by atoms with Crippen molar-refractivity contribution in [1.29, 1.82) is 0 Å². The summed E-state index contributed by atoms with van der Waals surface area (Å²) in [6, 6.07) is 4.04. The molecule has 0 saturated carbocycles. The fraction of sp³-hybridized carbons (Fsp3) is 0.143. The summed E-state index contributed by atoms with van der Waals surface area (Å²) in [6.45, 7) is 2.12. The van der Waals surface area contributed by atoms with E-state index in [2.05, 4.69) is 18.0 Å². The zero-order valence-corrected chi connectivity index (χ0v) is 8.10. The summed E-state index contributed by atoms with van der Waals surface area (Å²) in [5, 5.41) is 0. The van der Waals surface area contributed by atoms with Crippen LogP contribution in [0.2, 0.25) is 0 Å². The van der Waals surface area contributed by atoms with E-state index in [0.717, 1.165) is 0 Å². The maximum atomic E-state index is 4.00. The van der Waals surface area contributed by atoms with Gasteiger partial charge in [-0.1, -0.05) is 0 Å². The van der Waals surface area contributed by atoms with E-state index in [0.29, 0.717) is 0 Å². The first-order valence-electron chi connectivity index (χ1n) is 2.71. The molecule has 0 aliphatic rings. The Morgan fingerprint density at radius 2 is 2.44 bits per heavy atom. The van der Waals surface area contributed by atoms with Crippen LogP contribution in [0.1, 0.15) is 12.5 Å². The molecular formula is C7H7NW. The van der Waals surface area contributed by atoms with E-state index in [1.165, 1.54) is 28.8 Å². The van der Waals surface area contributed by atoms with Crippen LogP contribution in [-0.4, -0.2) is 8.88 Å². The summed E-state index contributed by atoms with van der Waals surface area (Å²) in [5.74, 6) is 0. The van der Waals surface area contributed by atoms with Crippen molar-refractivity contribution in [2.45, 2.75) is 6.92 Å². The zero-order chi connectivity index (χ0) is 6.69. The molecule has 1 heterocycles. The van der Waals surface area contributed by atoms with E-state index < -0.39 is 0 Å². The Morgan fingerprint density at radius 3 is 2.78 bits per heavy atom. The Hall–Kier alpha value is -0.292. The first-order valence-corrected chi connectivity index (χ1v) is 4.18. The molecule has 0 fully saturated rings. The monoisotopic (exact) mass is 289 g/mol. The van der Waals surface area contributed by atoms with Crippen LogP contribution in [0.25, 0.3) is 0 Å². The number of hydrogen-bond acceptors (Lipinski definition) is 1. The summed E-state index contributed by atoms with van der Waals surface area (Å²) >= 11 is 1.51. The van der Waals surface area contributed by atoms with E-state index in [1.807, 2.05) is 12.3 Å². The second-order valence-electron chi connectivity index (χ2n) is 1.80. The van der Waals surface area contributed by atoms with Gasteiger partial charge in [0, 0.05) is 0 Å². The third kappa shape index (κ3) is 1.83. The summed E-state index contributed by atoms with van der Waals surface area (Å²) in [4.78, 5) is 4.00. The van der Waals surface area contributed by atoms with E-state index in [4.69, 9.17) is 0 Å². The van der Waals surface area contributed by atoms with Crippen molar-refractivity contribution in [3.63, 3.8) is 0 Å². The maximum absolute atomic E-state index is 4.00. The Labute approximate surface area is 65.5 Å². The molecule has 0 saturated heterocycles. The molecule has 0 bridgehead atoms. The van der Waals surface area contributed by atoms with Crippen molar-refractivity contribution in [2.75, 3.05) is 0 Å². The van der Waals surface area contributed by atoms with Crippen LogP contribution in [0.15, 0.2) is 24.5 Å². The molecule has 1 rings (SSSR count). The molecule has 1 aromatic heterocycles.